The van der Waals surface area contributed by atoms with Crippen molar-refractivity contribution in [2.24, 2.45) is 0 Å². The molecule has 1 aromatic carbocycles. The Kier molecular flexibility index (Phi) is 3.67. The van der Waals surface area contributed by atoms with Crippen LogP contribution >= 0.6 is 11.3 Å². The fourth-order valence-corrected chi connectivity index (χ4v) is 4.02. The van der Waals surface area contributed by atoms with Crippen LogP contribution in [0.4, 0.5) is 0 Å². The van der Waals surface area contributed by atoms with E-state index in [-0.39, 0.29) is 0 Å². The van der Waals surface area contributed by atoms with Gasteiger partial charge in [-0.3, -0.25) is 4.90 Å². The van der Waals surface area contributed by atoms with Crippen molar-refractivity contribution in [3.05, 3.63) is 34.7 Å². The van der Waals surface area contributed by atoms with Crippen LogP contribution in [0.5, 0.6) is 0 Å². The van der Waals surface area contributed by atoms with Gasteiger partial charge in [0, 0.05) is 11.2 Å². The molecule has 2 heterocycles. The van der Waals surface area contributed by atoms with Gasteiger partial charge in [-0.25, -0.2) is 0 Å². The topological polar surface area (TPSA) is 3.24 Å². The van der Waals surface area contributed by atoms with Crippen LogP contribution < -0.4 is 0 Å². The van der Waals surface area contributed by atoms with Gasteiger partial charge >= 0.3 is 0 Å². The van der Waals surface area contributed by atoms with Crippen molar-refractivity contribution < 1.29 is 0 Å². The van der Waals surface area contributed by atoms with E-state index in [0.717, 1.165) is 6.54 Å². The number of fused-ring (bicyclic) bond motifs is 1. The largest absolute Gasteiger partial charge is 0.299 e. The number of benzene rings is 1. The summed E-state index contributed by atoms with van der Waals surface area (Å²) >= 11 is 1.90. The highest BCUT2D eigenvalue weighted by Gasteiger charge is 2.13. The smallest absolute Gasteiger partial charge is 0.0348 e. The average Bonchev–Trinajstić information content (AvgIpc) is 2.60. The number of aryl methyl sites for hydroxylation is 1. The fraction of sp³-hybridized carbons (Fsp3) is 0.500. The quantitative estimate of drug-likeness (QED) is 0.762. The first kappa shape index (κ1) is 12.2. The molecule has 0 radical (unpaired) electrons. The van der Waals surface area contributed by atoms with Crippen LogP contribution in [-0.2, 0) is 6.54 Å². The third-order valence-electron chi connectivity index (χ3n) is 3.98. The summed E-state index contributed by atoms with van der Waals surface area (Å²) in [6, 6.07) is 6.66. The van der Waals surface area contributed by atoms with Crippen LogP contribution in [0, 0.1) is 6.92 Å². The van der Waals surface area contributed by atoms with E-state index in [2.05, 4.69) is 35.4 Å². The van der Waals surface area contributed by atoms with Gasteiger partial charge in [0.25, 0.3) is 0 Å². The van der Waals surface area contributed by atoms with Gasteiger partial charge in [-0.2, -0.15) is 0 Å². The Morgan fingerprint density at radius 2 is 1.89 bits per heavy atom. The Bertz CT molecular complexity index is 521. The maximum absolute atomic E-state index is 2.64. The number of nitrogens with zero attached hydrogens (tertiary/aromatic N) is 1. The van der Waals surface area contributed by atoms with Crippen LogP contribution in [0.2, 0.25) is 0 Å². The van der Waals surface area contributed by atoms with E-state index in [4.69, 9.17) is 0 Å². The molecule has 0 aliphatic carbocycles. The average molecular weight is 259 g/mol. The molecule has 1 aromatic heterocycles. The molecule has 1 aliphatic heterocycles. The lowest BCUT2D eigenvalue weighted by Crippen LogP contribution is -2.23. The Hall–Kier alpha value is -0.860. The van der Waals surface area contributed by atoms with Crippen LogP contribution in [0.1, 0.15) is 36.8 Å². The van der Waals surface area contributed by atoms with Gasteiger partial charge < -0.3 is 0 Å². The lowest BCUT2D eigenvalue weighted by molar-refractivity contribution is 0.278. The number of hydrogen-bond donors (Lipinski definition) is 0. The molecule has 0 atom stereocenters. The van der Waals surface area contributed by atoms with E-state index in [1.165, 1.54) is 60.0 Å². The van der Waals surface area contributed by atoms with Crippen LogP contribution in [0.3, 0.4) is 0 Å². The molecule has 0 unspecified atom stereocenters. The molecule has 1 saturated heterocycles. The molecule has 0 saturated carbocycles. The Balaban J connectivity index is 1.85. The van der Waals surface area contributed by atoms with Crippen molar-refractivity contribution in [1.82, 2.24) is 4.90 Å². The van der Waals surface area contributed by atoms with Crippen molar-refractivity contribution in [2.75, 3.05) is 13.1 Å². The van der Waals surface area contributed by atoms with E-state index < -0.39 is 0 Å². The summed E-state index contributed by atoms with van der Waals surface area (Å²) < 4.78 is 1.44. The number of likely N-dealkylation sites (tertiary alicyclic amines) is 1. The number of thiophene rings is 1. The van der Waals surface area contributed by atoms with E-state index in [1.807, 2.05) is 11.3 Å². The second-order valence-electron chi connectivity index (χ2n) is 5.40. The summed E-state index contributed by atoms with van der Waals surface area (Å²) in [5, 5.41) is 3.87. The second kappa shape index (κ2) is 5.41. The third kappa shape index (κ3) is 2.45. The van der Waals surface area contributed by atoms with E-state index in [1.54, 1.807) is 0 Å². The molecule has 3 rings (SSSR count). The Morgan fingerprint density at radius 1 is 1.11 bits per heavy atom. The molecular formula is C16H21NS. The maximum atomic E-state index is 2.64. The van der Waals surface area contributed by atoms with Crippen LogP contribution in [-0.4, -0.2) is 18.0 Å². The molecule has 96 valence electrons. The molecule has 1 fully saturated rings. The zero-order valence-corrected chi connectivity index (χ0v) is 11.9. The lowest BCUT2D eigenvalue weighted by atomic mass is 10.1. The maximum Gasteiger partial charge on any atom is 0.0348 e. The first-order chi connectivity index (χ1) is 8.84. The normalized spacial score (nSPS) is 18.1. The first-order valence-electron chi connectivity index (χ1n) is 7.02. The highest BCUT2D eigenvalue weighted by Crippen LogP contribution is 2.30. The summed E-state index contributed by atoms with van der Waals surface area (Å²) in [7, 11) is 0. The van der Waals surface area contributed by atoms with Gasteiger partial charge in [0.15, 0.2) is 0 Å². The standard InChI is InChI=1S/C16H21NS/c1-13-7-6-8-15-16(13)14(12-18-15)11-17-9-4-2-3-5-10-17/h6-8,12H,2-5,9-11H2,1H3. The summed E-state index contributed by atoms with van der Waals surface area (Å²) in [5.74, 6) is 0. The number of hydrogen-bond acceptors (Lipinski definition) is 2. The van der Waals surface area contributed by atoms with E-state index >= 15 is 0 Å². The zero-order chi connectivity index (χ0) is 12.4. The minimum Gasteiger partial charge on any atom is -0.299 e. The number of rotatable bonds is 2. The molecule has 18 heavy (non-hydrogen) atoms. The van der Waals surface area contributed by atoms with Gasteiger partial charge in [-0.15, -0.1) is 11.3 Å². The molecule has 2 heteroatoms. The Morgan fingerprint density at radius 3 is 2.67 bits per heavy atom. The summed E-state index contributed by atoms with van der Waals surface area (Å²) in [6.45, 7) is 5.94. The van der Waals surface area contributed by atoms with Crippen molar-refractivity contribution in [1.29, 1.82) is 0 Å². The van der Waals surface area contributed by atoms with Gasteiger partial charge in [0.2, 0.25) is 0 Å². The summed E-state index contributed by atoms with van der Waals surface area (Å²) in [4.78, 5) is 2.64. The fourth-order valence-electron chi connectivity index (χ4n) is 3.00. The lowest BCUT2D eigenvalue weighted by Gasteiger charge is -2.19. The van der Waals surface area contributed by atoms with Crippen LogP contribution in [0.15, 0.2) is 23.6 Å². The zero-order valence-electron chi connectivity index (χ0n) is 11.1. The van der Waals surface area contributed by atoms with Crippen molar-refractivity contribution in [2.45, 2.75) is 39.2 Å². The third-order valence-corrected chi connectivity index (χ3v) is 4.97. The minimum absolute atomic E-state index is 1.14. The summed E-state index contributed by atoms with van der Waals surface area (Å²) in [6.07, 6.45) is 5.59. The predicted molar refractivity (Wildman–Crippen MR) is 80.3 cm³/mol. The molecule has 2 aromatic rings. The monoisotopic (exact) mass is 259 g/mol. The van der Waals surface area contributed by atoms with E-state index in [9.17, 15) is 0 Å². The van der Waals surface area contributed by atoms with Crippen molar-refractivity contribution in [3.8, 4) is 0 Å². The Labute approximate surface area is 113 Å². The molecule has 0 bridgehead atoms. The summed E-state index contributed by atoms with van der Waals surface area (Å²) in [5.41, 5.74) is 2.97. The molecule has 0 spiro atoms. The van der Waals surface area contributed by atoms with Gasteiger partial charge in [0.1, 0.15) is 0 Å². The molecule has 1 nitrogen and oxygen atoms in total. The van der Waals surface area contributed by atoms with Gasteiger partial charge in [0.05, 0.1) is 0 Å². The van der Waals surface area contributed by atoms with Crippen LogP contribution in [0.25, 0.3) is 10.1 Å². The molecule has 0 amide bonds. The predicted octanol–water partition coefficient (Wildman–Crippen LogP) is 4.59. The van der Waals surface area contributed by atoms with Gasteiger partial charge in [-0.05, 0) is 60.8 Å². The highest BCUT2D eigenvalue weighted by molar-refractivity contribution is 7.17. The highest BCUT2D eigenvalue weighted by atomic mass is 32.1. The van der Waals surface area contributed by atoms with E-state index in [0.29, 0.717) is 0 Å². The van der Waals surface area contributed by atoms with Crippen molar-refractivity contribution >= 4 is 21.4 Å². The molecule has 0 N–H and O–H groups in total. The SMILES string of the molecule is Cc1cccc2scc(CN3CCCCCC3)c12. The van der Waals surface area contributed by atoms with Gasteiger partial charge in [-0.1, -0.05) is 25.0 Å². The van der Waals surface area contributed by atoms with Crippen molar-refractivity contribution in [3.63, 3.8) is 0 Å². The molecule has 1 aliphatic rings. The second-order valence-corrected chi connectivity index (χ2v) is 6.31. The molecular weight excluding hydrogens is 238 g/mol. The first-order valence-corrected chi connectivity index (χ1v) is 7.90. The minimum atomic E-state index is 1.14.